The van der Waals surface area contributed by atoms with Gasteiger partial charge in [0.1, 0.15) is 0 Å². The van der Waals surface area contributed by atoms with Crippen molar-refractivity contribution in [2.45, 2.75) is 6.92 Å². The molecule has 0 aliphatic carbocycles. The molecule has 0 atom stereocenters. The molecular weight excluding hydrogens is 605 g/mol. The van der Waals surface area contributed by atoms with E-state index in [2.05, 4.69) is 187 Å². The number of rotatable bonds is 6. The fourth-order valence-corrected chi connectivity index (χ4v) is 7.58. The van der Waals surface area contributed by atoms with Crippen LogP contribution < -0.4 is 4.90 Å². The highest BCUT2D eigenvalue weighted by Crippen LogP contribution is 2.50. The lowest BCUT2D eigenvalue weighted by Gasteiger charge is -2.27. The van der Waals surface area contributed by atoms with Crippen molar-refractivity contribution < 1.29 is 0 Å². The standard InChI is InChI=1S/C48H34N2/c1-33-15-13-22-37(29-33)50(39-23-14-28-49-32-39)38-26-27-42-45(30-38)40-24-11-12-25-41(40)47-44(35-18-7-3-8-19-35)31-43(34-16-5-2-6-17-34)46(48(42)47)36-20-9-4-10-21-36/h2-32H,1H3. The van der Waals surface area contributed by atoms with Gasteiger partial charge < -0.3 is 4.90 Å². The minimum absolute atomic E-state index is 1.02. The van der Waals surface area contributed by atoms with Gasteiger partial charge in [-0.15, -0.1) is 0 Å². The molecule has 0 unspecified atom stereocenters. The monoisotopic (exact) mass is 638 g/mol. The van der Waals surface area contributed by atoms with Gasteiger partial charge in [-0.1, -0.05) is 133 Å². The van der Waals surface area contributed by atoms with Crippen LogP contribution in [0.25, 0.3) is 65.7 Å². The fraction of sp³-hybridized carbons (Fsp3) is 0.0208. The minimum atomic E-state index is 1.02. The molecule has 236 valence electrons. The van der Waals surface area contributed by atoms with Crippen LogP contribution in [0.3, 0.4) is 0 Å². The molecule has 9 aromatic rings. The van der Waals surface area contributed by atoms with Gasteiger partial charge in [-0.2, -0.15) is 0 Å². The molecule has 0 saturated carbocycles. The van der Waals surface area contributed by atoms with Crippen molar-refractivity contribution in [2.75, 3.05) is 4.90 Å². The van der Waals surface area contributed by atoms with Gasteiger partial charge in [0.25, 0.3) is 0 Å². The average molecular weight is 639 g/mol. The van der Waals surface area contributed by atoms with Crippen LogP contribution in [-0.2, 0) is 0 Å². The molecule has 9 rings (SSSR count). The van der Waals surface area contributed by atoms with E-state index in [1.54, 1.807) is 0 Å². The van der Waals surface area contributed by atoms with Gasteiger partial charge in [0, 0.05) is 17.6 Å². The summed E-state index contributed by atoms with van der Waals surface area (Å²) in [5.41, 5.74) is 11.7. The summed E-state index contributed by atoms with van der Waals surface area (Å²) in [6, 6.07) is 63.7. The van der Waals surface area contributed by atoms with E-state index in [4.69, 9.17) is 0 Å². The predicted octanol–water partition coefficient (Wildman–Crippen LogP) is 13.3. The number of fused-ring (bicyclic) bond motifs is 6. The first-order chi connectivity index (χ1) is 24.7. The molecule has 50 heavy (non-hydrogen) atoms. The summed E-state index contributed by atoms with van der Waals surface area (Å²) in [6.45, 7) is 2.14. The molecule has 1 heterocycles. The molecule has 0 amide bonds. The van der Waals surface area contributed by atoms with Crippen molar-refractivity contribution in [3.63, 3.8) is 0 Å². The molecule has 2 heteroatoms. The Hall–Kier alpha value is -6.51. The molecule has 2 nitrogen and oxygen atoms in total. The largest absolute Gasteiger partial charge is 0.309 e. The number of aromatic nitrogens is 1. The zero-order valence-electron chi connectivity index (χ0n) is 27.8. The van der Waals surface area contributed by atoms with Crippen LogP contribution in [0, 0.1) is 6.92 Å². The van der Waals surface area contributed by atoms with Gasteiger partial charge in [-0.3, -0.25) is 4.98 Å². The second-order valence-electron chi connectivity index (χ2n) is 12.9. The van der Waals surface area contributed by atoms with Gasteiger partial charge in [0.05, 0.1) is 11.9 Å². The van der Waals surface area contributed by atoms with Crippen molar-refractivity contribution >= 4 is 49.4 Å². The summed E-state index contributed by atoms with van der Waals surface area (Å²) in [4.78, 5) is 6.82. The summed E-state index contributed by atoms with van der Waals surface area (Å²) < 4.78 is 0. The van der Waals surface area contributed by atoms with E-state index in [0.717, 1.165) is 17.1 Å². The van der Waals surface area contributed by atoms with E-state index < -0.39 is 0 Å². The van der Waals surface area contributed by atoms with E-state index in [-0.39, 0.29) is 0 Å². The van der Waals surface area contributed by atoms with Crippen LogP contribution in [0.4, 0.5) is 17.1 Å². The molecule has 0 saturated heterocycles. The molecule has 0 bridgehead atoms. The van der Waals surface area contributed by atoms with Crippen LogP contribution in [0.2, 0.25) is 0 Å². The Bertz CT molecular complexity index is 2630. The summed E-state index contributed by atoms with van der Waals surface area (Å²) in [5, 5.41) is 7.45. The lowest BCUT2D eigenvalue weighted by atomic mass is 9.81. The summed E-state index contributed by atoms with van der Waals surface area (Å²) in [5.74, 6) is 0. The quantitative estimate of drug-likeness (QED) is 0.169. The molecule has 0 aliphatic heterocycles. The summed E-state index contributed by atoms with van der Waals surface area (Å²) in [7, 11) is 0. The van der Waals surface area contributed by atoms with Gasteiger partial charge in [-0.05, 0) is 121 Å². The smallest absolute Gasteiger partial charge is 0.0644 e. The highest BCUT2D eigenvalue weighted by Gasteiger charge is 2.22. The maximum absolute atomic E-state index is 4.51. The Balaban J connectivity index is 1.46. The molecule has 0 spiro atoms. The van der Waals surface area contributed by atoms with E-state index in [1.807, 2.05) is 18.5 Å². The van der Waals surface area contributed by atoms with E-state index >= 15 is 0 Å². The van der Waals surface area contributed by atoms with Crippen molar-refractivity contribution in [1.82, 2.24) is 4.98 Å². The normalized spacial score (nSPS) is 11.3. The minimum Gasteiger partial charge on any atom is -0.309 e. The van der Waals surface area contributed by atoms with Crippen molar-refractivity contribution in [3.05, 3.63) is 194 Å². The number of hydrogen-bond acceptors (Lipinski definition) is 2. The third-order valence-corrected chi connectivity index (χ3v) is 9.74. The van der Waals surface area contributed by atoms with Crippen LogP contribution >= 0.6 is 0 Å². The number of aryl methyl sites for hydroxylation is 1. The number of pyridine rings is 1. The molecule has 1 aromatic heterocycles. The van der Waals surface area contributed by atoms with Crippen LogP contribution in [0.15, 0.2) is 188 Å². The molecular formula is C48H34N2. The molecule has 0 N–H and O–H groups in total. The van der Waals surface area contributed by atoms with Crippen molar-refractivity contribution in [1.29, 1.82) is 0 Å². The van der Waals surface area contributed by atoms with Crippen LogP contribution in [0.1, 0.15) is 5.56 Å². The lowest BCUT2D eigenvalue weighted by molar-refractivity contribution is 1.23. The Kier molecular flexibility index (Phi) is 7.40. The van der Waals surface area contributed by atoms with E-state index in [1.165, 1.54) is 71.3 Å². The number of nitrogens with zero attached hydrogens (tertiary/aromatic N) is 2. The Morgan fingerprint density at radius 1 is 0.400 bits per heavy atom. The van der Waals surface area contributed by atoms with Crippen molar-refractivity contribution in [2.24, 2.45) is 0 Å². The van der Waals surface area contributed by atoms with Gasteiger partial charge >= 0.3 is 0 Å². The summed E-state index contributed by atoms with van der Waals surface area (Å²) in [6.07, 6.45) is 3.77. The fourth-order valence-electron chi connectivity index (χ4n) is 7.58. The molecule has 8 aromatic carbocycles. The maximum atomic E-state index is 4.51. The highest BCUT2D eigenvalue weighted by atomic mass is 15.1. The van der Waals surface area contributed by atoms with E-state index in [9.17, 15) is 0 Å². The molecule has 0 fully saturated rings. The number of benzene rings is 8. The molecule has 0 radical (unpaired) electrons. The third-order valence-electron chi connectivity index (χ3n) is 9.74. The van der Waals surface area contributed by atoms with Crippen molar-refractivity contribution in [3.8, 4) is 33.4 Å². The lowest BCUT2D eigenvalue weighted by Crippen LogP contribution is -2.10. The van der Waals surface area contributed by atoms with Crippen LogP contribution in [-0.4, -0.2) is 4.98 Å². The van der Waals surface area contributed by atoms with E-state index in [0.29, 0.717) is 0 Å². The Morgan fingerprint density at radius 2 is 1.00 bits per heavy atom. The number of hydrogen-bond donors (Lipinski definition) is 0. The molecule has 0 aliphatic rings. The first-order valence-electron chi connectivity index (χ1n) is 17.1. The van der Waals surface area contributed by atoms with Gasteiger partial charge in [-0.25, -0.2) is 0 Å². The third kappa shape index (κ3) is 5.10. The topological polar surface area (TPSA) is 16.1 Å². The zero-order valence-corrected chi connectivity index (χ0v) is 27.8. The second kappa shape index (κ2) is 12.5. The van der Waals surface area contributed by atoms with Gasteiger partial charge in [0.15, 0.2) is 0 Å². The second-order valence-corrected chi connectivity index (χ2v) is 12.9. The van der Waals surface area contributed by atoms with Crippen LogP contribution in [0.5, 0.6) is 0 Å². The summed E-state index contributed by atoms with van der Waals surface area (Å²) >= 11 is 0. The first kappa shape index (κ1) is 29.6. The number of anilines is 3. The SMILES string of the molecule is Cc1cccc(N(c2cccnc2)c2ccc3c(c2)c2ccccc2c2c(-c4ccccc4)cc(-c4ccccc4)c(-c4ccccc4)c32)c1. The zero-order chi connectivity index (χ0) is 33.4. The van der Waals surface area contributed by atoms with Gasteiger partial charge in [0.2, 0.25) is 0 Å². The maximum Gasteiger partial charge on any atom is 0.0644 e. The average Bonchev–Trinajstić information content (AvgIpc) is 3.19. The predicted molar refractivity (Wildman–Crippen MR) is 212 cm³/mol. The Morgan fingerprint density at radius 3 is 1.68 bits per heavy atom. The highest BCUT2D eigenvalue weighted by molar-refractivity contribution is 6.33. The first-order valence-corrected chi connectivity index (χ1v) is 17.1. The Labute approximate surface area is 292 Å².